The van der Waals surface area contributed by atoms with Gasteiger partial charge in [0.25, 0.3) is 5.91 Å². The number of hydrogen-bond acceptors (Lipinski definition) is 3. The number of amides is 1. The van der Waals surface area contributed by atoms with E-state index >= 15 is 0 Å². The van der Waals surface area contributed by atoms with Crippen molar-refractivity contribution in [3.8, 4) is 0 Å². The summed E-state index contributed by atoms with van der Waals surface area (Å²) in [6.45, 7) is 0. The van der Waals surface area contributed by atoms with Crippen LogP contribution in [0.5, 0.6) is 0 Å². The Balaban J connectivity index is 1.31. The Hall–Kier alpha value is -2.05. The van der Waals surface area contributed by atoms with Crippen molar-refractivity contribution in [1.82, 2.24) is 15.1 Å². The largest absolute Gasteiger partial charge is 0.348 e. The monoisotopic (exact) mass is 539 g/mol. The van der Waals surface area contributed by atoms with Gasteiger partial charge < -0.3 is 5.32 Å². The standard InChI is InChI=1S/C30H35ClFN3OS/c31-23-9-13-26(14-10-23)35-29-22(15-19-7-11-24(32)12-8-19)17-37-18-27(29)28(34-35)30(36)33-25-6-2-4-20-3-1-5-21(20)16-25/h7,9-13,15,19-21,25-26H,1-6,8,14,16-18H2,(H,33,36)/b22-15+/t19?,20?,21?,25-,26?/m1/s1. The molecule has 0 radical (unpaired) electrons. The second-order valence-corrected chi connectivity index (χ2v) is 12.6. The Labute approximate surface area is 228 Å². The Morgan fingerprint density at radius 3 is 2.70 bits per heavy atom. The zero-order valence-electron chi connectivity index (χ0n) is 21.2. The molecular weight excluding hydrogens is 505 g/mol. The number of fused-ring (bicyclic) bond motifs is 2. The lowest BCUT2D eigenvalue weighted by Crippen LogP contribution is -2.36. The number of nitrogens with zero attached hydrogens (tertiary/aromatic N) is 2. The third-order valence-electron chi connectivity index (χ3n) is 8.75. The number of thioether (sulfide) groups is 1. The van der Waals surface area contributed by atoms with Gasteiger partial charge in [-0.3, -0.25) is 9.48 Å². The Morgan fingerprint density at radius 2 is 1.92 bits per heavy atom. The fraction of sp³-hybridized carbons (Fsp3) is 0.533. The molecule has 4 unspecified atom stereocenters. The fourth-order valence-electron chi connectivity index (χ4n) is 6.88. The Bertz CT molecular complexity index is 1210. The van der Waals surface area contributed by atoms with Crippen LogP contribution in [0.1, 0.15) is 85.6 Å². The van der Waals surface area contributed by atoms with Crippen LogP contribution in [0.4, 0.5) is 4.39 Å². The Kier molecular flexibility index (Phi) is 7.49. The maximum Gasteiger partial charge on any atom is 0.272 e. The van der Waals surface area contributed by atoms with Crippen molar-refractivity contribution < 1.29 is 9.18 Å². The molecule has 7 heteroatoms. The molecule has 0 aromatic carbocycles. The molecule has 196 valence electrons. The van der Waals surface area contributed by atoms with E-state index in [1.54, 1.807) is 12.2 Å². The molecular formula is C30H35ClFN3OS. The van der Waals surface area contributed by atoms with Crippen LogP contribution in [0.15, 0.2) is 53.4 Å². The third-order valence-corrected chi connectivity index (χ3v) is 10.0. The molecule has 2 saturated carbocycles. The normalized spacial score (nSPS) is 32.4. The summed E-state index contributed by atoms with van der Waals surface area (Å²) in [6.07, 6.45) is 23.5. The summed E-state index contributed by atoms with van der Waals surface area (Å²) >= 11 is 8.04. The van der Waals surface area contributed by atoms with Gasteiger partial charge >= 0.3 is 0 Å². The molecule has 5 atom stereocenters. The first-order chi connectivity index (χ1) is 18.0. The minimum atomic E-state index is -0.171. The van der Waals surface area contributed by atoms with Crippen LogP contribution in [0.25, 0.3) is 5.57 Å². The second kappa shape index (κ2) is 11.0. The molecule has 4 aliphatic carbocycles. The zero-order chi connectivity index (χ0) is 25.4. The molecule has 0 saturated heterocycles. The molecule has 5 aliphatic rings. The van der Waals surface area contributed by atoms with Gasteiger partial charge in [0, 0.05) is 28.1 Å². The SMILES string of the molecule is O=C(N[C@@H]1CCCC2CCCC2C1)c1nn(C2C=CC(Cl)=CC2)c2c1CSC/C2=C\C1C=CC(F)=CC1. The summed E-state index contributed by atoms with van der Waals surface area (Å²) in [5.41, 5.74) is 3.84. The summed E-state index contributed by atoms with van der Waals surface area (Å²) in [4.78, 5) is 13.7. The second-order valence-electron chi connectivity index (χ2n) is 11.2. The first-order valence-corrected chi connectivity index (χ1v) is 15.4. The summed E-state index contributed by atoms with van der Waals surface area (Å²) in [7, 11) is 0. The summed E-state index contributed by atoms with van der Waals surface area (Å²) in [5, 5.41) is 9.13. The van der Waals surface area contributed by atoms with Gasteiger partial charge in [0.05, 0.1) is 11.7 Å². The maximum atomic E-state index is 13.7. The van der Waals surface area contributed by atoms with Crippen molar-refractivity contribution in [2.45, 2.75) is 75.6 Å². The first-order valence-electron chi connectivity index (χ1n) is 13.8. The lowest BCUT2D eigenvalue weighted by Gasteiger charge is -2.23. The molecule has 4 nitrogen and oxygen atoms in total. The van der Waals surface area contributed by atoms with Gasteiger partial charge in [-0.05, 0) is 67.2 Å². The van der Waals surface area contributed by atoms with Crippen LogP contribution in [0.3, 0.4) is 0 Å². The number of nitrogens with one attached hydrogen (secondary N) is 1. The lowest BCUT2D eigenvalue weighted by atomic mass is 9.90. The number of allylic oxidation sites excluding steroid dienone is 9. The molecule has 0 spiro atoms. The predicted octanol–water partition coefficient (Wildman–Crippen LogP) is 7.66. The van der Waals surface area contributed by atoms with E-state index in [0.29, 0.717) is 12.1 Å². The smallest absolute Gasteiger partial charge is 0.272 e. The van der Waals surface area contributed by atoms with Crippen molar-refractivity contribution in [1.29, 1.82) is 0 Å². The average Bonchev–Trinajstić information content (AvgIpc) is 3.46. The zero-order valence-corrected chi connectivity index (χ0v) is 22.7. The minimum absolute atomic E-state index is 0.0145. The molecule has 37 heavy (non-hydrogen) atoms. The van der Waals surface area contributed by atoms with E-state index in [2.05, 4.69) is 22.2 Å². The van der Waals surface area contributed by atoms with Crippen LogP contribution in [-0.4, -0.2) is 27.5 Å². The summed E-state index contributed by atoms with van der Waals surface area (Å²) in [6, 6.07) is 0.249. The highest BCUT2D eigenvalue weighted by Gasteiger charge is 2.35. The van der Waals surface area contributed by atoms with Crippen molar-refractivity contribution >= 4 is 34.8 Å². The molecule has 1 aromatic heterocycles. The maximum absolute atomic E-state index is 13.7. The van der Waals surface area contributed by atoms with E-state index in [-0.39, 0.29) is 29.7 Å². The van der Waals surface area contributed by atoms with Crippen LogP contribution < -0.4 is 5.32 Å². The van der Waals surface area contributed by atoms with Crippen LogP contribution in [-0.2, 0) is 5.75 Å². The van der Waals surface area contributed by atoms with Gasteiger partial charge in [0.2, 0.25) is 0 Å². The highest BCUT2D eigenvalue weighted by atomic mass is 35.5. The fourth-order valence-corrected chi connectivity index (χ4v) is 8.08. The molecule has 1 N–H and O–H groups in total. The number of rotatable bonds is 4. The lowest BCUT2D eigenvalue weighted by molar-refractivity contribution is 0.0923. The van der Waals surface area contributed by atoms with Gasteiger partial charge in [0.15, 0.2) is 5.69 Å². The minimum Gasteiger partial charge on any atom is -0.348 e. The Morgan fingerprint density at radius 1 is 1.08 bits per heavy atom. The van der Waals surface area contributed by atoms with Gasteiger partial charge in [-0.25, -0.2) is 4.39 Å². The van der Waals surface area contributed by atoms with E-state index in [4.69, 9.17) is 16.7 Å². The molecule has 2 heterocycles. The van der Waals surface area contributed by atoms with Crippen molar-refractivity contribution in [2.24, 2.45) is 17.8 Å². The van der Waals surface area contributed by atoms with Crippen LogP contribution >= 0.6 is 23.4 Å². The molecule has 2 fully saturated rings. The predicted molar refractivity (Wildman–Crippen MR) is 150 cm³/mol. The first kappa shape index (κ1) is 25.2. The van der Waals surface area contributed by atoms with E-state index in [1.807, 2.05) is 30.0 Å². The van der Waals surface area contributed by atoms with Crippen molar-refractivity contribution in [3.63, 3.8) is 0 Å². The van der Waals surface area contributed by atoms with Crippen molar-refractivity contribution in [3.05, 3.63) is 70.3 Å². The van der Waals surface area contributed by atoms with E-state index in [1.165, 1.54) is 37.7 Å². The highest BCUT2D eigenvalue weighted by molar-refractivity contribution is 7.99. The molecule has 6 rings (SSSR count). The summed E-state index contributed by atoms with van der Waals surface area (Å²) in [5.74, 6) is 3.18. The quantitative estimate of drug-likeness (QED) is 0.427. The highest BCUT2D eigenvalue weighted by Crippen LogP contribution is 2.42. The molecule has 1 aromatic rings. The van der Waals surface area contributed by atoms with Gasteiger partial charge in [-0.1, -0.05) is 68.0 Å². The number of carbonyl (C=O) groups is 1. The van der Waals surface area contributed by atoms with Gasteiger partial charge in [-0.2, -0.15) is 16.9 Å². The van der Waals surface area contributed by atoms with E-state index < -0.39 is 0 Å². The molecule has 1 aliphatic heterocycles. The van der Waals surface area contributed by atoms with E-state index in [0.717, 1.165) is 58.9 Å². The molecule has 1 amide bonds. The van der Waals surface area contributed by atoms with Gasteiger partial charge in [-0.15, -0.1) is 0 Å². The number of aromatic nitrogens is 2. The number of carbonyl (C=O) groups excluding carboxylic acids is 1. The van der Waals surface area contributed by atoms with Crippen LogP contribution in [0, 0.1) is 17.8 Å². The van der Waals surface area contributed by atoms with Crippen molar-refractivity contribution in [2.75, 3.05) is 5.75 Å². The van der Waals surface area contributed by atoms with Crippen LogP contribution in [0.2, 0.25) is 0 Å². The summed E-state index contributed by atoms with van der Waals surface area (Å²) < 4.78 is 15.6. The van der Waals surface area contributed by atoms with E-state index in [9.17, 15) is 9.18 Å². The molecule has 0 bridgehead atoms. The topological polar surface area (TPSA) is 46.9 Å². The number of hydrogen-bond donors (Lipinski definition) is 1. The number of halogens is 2. The average molecular weight is 540 g/mol. The van der Waals surface area contributed by atoms with Gasteiger partial charge in [0.1, 0.15) is 5.83 Å². The third kappa shape index (κ3) is 5.42.